The van der Waals surface area contributed by atoms with Gasteiger partial charge in [-0.25, -0.2) is 0 Å². The molecule has 2 nitrogen and oxygen atoms in total. The second kappa shape index (κ2) is 5.59. The molecule has 0 bridgehead atoms. The number of rotatable bonds is 4. The van der Waals surface area contributed by atoms with Crippen LogP contribution in [0.1, 0.15) is 0 Å². The third kappa shape index (κ3) is 3.62. The van der Waals surface area contributed by atoms with Gasteiger partial charge in [-0.15, -0.1) is 0 Å². The van der Waals surface area contributed by atoms with Crippen LogP contribution in [0.15, 0.2) is 48.5 Å². The van der Waals surface area contributed by atoms with Gasteiger partial charge >= 0.3 is 12.3 Å². The largest absolute Gasteiger partial charge is 0.499 e. The monoisotopic (exact) mass is 302 g/mol. The van der Waals surface area contributed by atoms with Gasteiger partial charge in [0.2, 0.25) is 0 Å². The minimum Gasteiger partial charge on any atom is -0.424 e. The number of halogens is 5. The van der Waals surface area contributed by atoms with Crippen LogP contribution in [0.2, 0.25) is 0 Å². The number of alkyl halides is 5. The van der Waals surface area contributed by atoms with Gasteiger partial charge in [0.15, 0.2) is 0 Å². The average Bonchev–Trinajstić information content (AvgIpc) is 2.40. The first kappa shape index (κ1) is 15.1. The van der Waals surface area contributed by atoms with Crippen LogP contribution in [0, 0.1) is 6.07 Å². The van der Waals surface area contributed by atoms with E-state index >= 15 is 0 Å². The molecule has 111 valence electrons. The van der Waals surface area contributed by atoms with Gasteiger partial charge < -0.3 is 10.1 Å². The van der Waals surface area contributed by atoms with Crippen molar-refractivity contribution in [3.63, 3.8) is 0 Å². The summed E-state index contributed by atoms with van der Waals surface area (Å²) in [5, 5.41) is 2.70. The predicted molar refractivity (Wildman–Crippen MR) is 66.6 cm³/mol. The molecule has 0 heterocycles. The van der Waals surface area contributed by atoms with Crippen LogP contribution >= 0.6 is 0 Å². The molecule has 21 heavy (non-hydrogen) atoms. The van der Waals surface area contributed by atoms with Crippen LogP contribution in [-0.4, -0.2) is 12.3 Å². The van der Waals surface area contributed by atoms with E-state index in [1.54, 1.807) is 24.3 Å². The Morgan fingerprint density at radius 3 is 2.14 bits per heavy atom. The fraction of sp³-hybridized carbons (Fsp3) is 0.143. The highest BCUT2D eigenvalue weighted by atomic mass is 19.4. The zero-order valence-electron chi connectivity index (χ0n) is 10.4. The van der Waals surface area contributed by atoms with Crippen molar-refractivity contribution in [3.8, 4) is 5.75 Å². The van der Waals surface area contributed by atoms with Crippen LogP contribution in [-0.2, 0) is 0 Å². The summed E-state index contributed by atoms with van der Waals surface area (Å²) in [6, 6.07) is 14.2. The highest BCUT2D eigenvalue weighted by molar-refractivity contribution is 5.66. The summed E-state index contributed by atoms with van der Waals surface area (Å²) >= 11 is 0. The number of hydrogen-bond donors (Lipinski definition) is 1. The Morgan fingerprint density at radius 1 is 0.905 bits per heavy atom. The van der Waals surface area contributed by atoms with E-state index in [9.17, 15) is 22.0 Å². The molecule has 2 aromatic rings. The molecule has 2 aromatic carbocycles. The maximum atomic E-state index is 13.0. The van der Waals surface area contributed by atoms with Gasteiger partial charge in [-0.05, 0) is 30.3 Å². The second-order valence-corrected chi connectivity index (χ2v) is 4.03. The van der Waals surface area contributed by atoms with Crippen LogP contribution < -0.4 is 10.1 Å². The molecule has 0 aliphatic rings. The first-order valence-electron chi connectivity index (χ1n) is 5.75. The smallest absolute Gasteiger partial charge is 0.424 e. The number of hydrogen-bond acceptors (Lipinski definition) is 2. The van der Waals surface area contributed by atoms with Crippen LogP contribution in [0.4, 0.5) is 33.3 Å². The highest BCUT2D eigenvalue weighted by Gasteiger charge is 2.61. The summed E-state index contributed by atoms with van der Waals surface area (Å²) in [6.45, 7) is 0. The third-order valence-electron chi connectivity index (χ3n) is 2.45. The van der Waals surface area contributed by atoms with Crippen molar-refractivity contribution in [2.45, 2.75) is 12.3 Å². The van der Waals surface area contributed by atoms with Crippen LogP contribution in [0.25, 0.3) is 0 Å². The molecule has 1 N–H and O–H groups in total. The van der Waals surface area contributed by atoms with Gasteiger partial charge in [0.25, 0.3) is 0 Å². The van der Waals surface area contributed by atoms with Gasteiger partial charge in [-0.2, -0.15) is 22.0 Å². The molecule has 0 aliphatic carbocycles. The van der Waals surface area contributed by atoms with Crippen LogP contribution in [0.5, 0.6) is 5.75 Å². The molecule has 0 aromatic heterocycles. The fourth-order valence-corrected chi connectivity index (χ4v) is 1.48. The summed E-state index contributed by atoms with van der Waals surface area (Å²) in [4.78, 5) is 0. The molecule has 0 saturated heterocycles. The van der Waals surface area contributed by atoms with E-state index in [1.165, 1.54) is 18.2 Å². The summed E-state index contributed by atoms with van der Waals surface area (Å²) in [5.74, 6) is -0.604. The predicted octanol–water partition coefficient (Wildman–Crippen LogP) is 4.76. The van der Waals surface area contributed by atoms with Crippen LogP contribution in [0.3, 0.4) is 0 Å². The molecule has 0 saturated carbocycles. The van der Waals surface area contributed by atoms with Crippen molar-refractivity contribution in [2.24, 2.45) is 0 Å². The lowest BCUT2D eigenvalue weighted by Crippen LogP contribution is -2.42. The van der Waals surface area contributed by atoms with Gasteiger partial charge in [0.05, 0.1) is 5.69 Å². The molecule has 0 atom stereocenters. The Kier molecular flexibility index (Phi) is 4.02. The number of para-hydroxylation sites is 2. The summed E-state index contributed by atoms with van der Waals surface area (Å²) in [5.41, 5.74) is 0.493. The summed E-state index contributed by atoms with van der Waals surface area (Å²) in [6.07, 6.45) is -11.1. The van der Waals surface area contributed by atoms with Gasteiger partial charge in [-0.1, -0.05) is 24.3 Å². The normalized spacial score (nSPS) is 12.0. The topological polar surface area (TPSA) is 21.3 Å². The molecule has 0 amide bonds. The Hall–Kier alpha value is -2.31. The van der Waals surface area contributed by atoms with Gasteiger partial charge in [-0.3, -0.25) is 0 Å². The van der Waals surface area contributed by atoms with Crippen molar-refractivity contribution in [1.29, 1.82) is 0 Å². The Labute approximate surface area is 117 Å². The van der Waals surface area contributed by atoms with Crippen molar-refractivity contribution in [3.05, 3.63) is 54.6 Å². The Morgan fingerprint density at radius 2 is 1.52 bits per heavy atom. The number of nitrogens with one attached hydrogen (secondary N) is 1. The SMILES string of the molecule is FC(F)(F)C(F)(F)Oc1ccccc1Nc1cc[c]cc1. The van der Waals surface area contributed by atoms with Gasteiger partial charge in [0.1, 0.15) is 5.75 Å². The second-order valence-electron chi connectivity index (χ2n) is 4.03. The van der Waals surface area contributed by atoms with Gasteiger partial charge in [0, 0.05) is 5.69 Å². The van der Waals surface area contributed by atoms with E-state index in [2.05, 4.69) is 16.1 Å². The van der Waals surface area contributed by atoms with E-state index in [1.807, 2.05) is 0 Å². The van der Waals surface area contributed by atoms with E-state index in [0.717, 1.165) is 6.07 Å². The zero-order chi connectivity index (χ0) is 15.5. The zero-order valence-corrected chi connectivity index (χ0v) is 10.4. The minimum absolute atomic E-state index is 0.00683. The lowest BCUT2D eigenvalue weighted by atomic mass is 10.2. The molecule has 7 heteroatoms. The number of ether oxygens (including phenoxy) is 1. The van der Waals surface area contributed by atoms with Crippen molar-refractivity contribution < 1.29 is 26.7 Å². The van der Waals surface area contributed by atoms with E-state index < -0.39 is 18.0 Å². The van der Waals surface area contributed by atoms with E-state index in [0.29, 0.717) is 5.69 Å². The highest BCUT2D eigenvalue weighted by Crippen LogP contribution is 2.39. The van der Waals surface area contributed by atoms with E-state index in [4.69, 9.17) is 0 Å². The summed E-state index contributed by atoms with van der Waals surface area (Å²) in [7, 11) is 0. The molecule has 0 spiro atoms. The molecule has 1 radical (unpaired) electrons. The lowest BCUT2D eigenvalue weighted by molar-refractivity contribution is -0.360. The third-order valence-corrected chi connectivity index (χ3v) is 2.45. The average molecular weight is 302 g/mol. The molecular formula is C14H9F5NO. The lowest BCUT2D eigenvalue weighted by Gasteiger charge is -2.22. The first-order chi connectivity index (χ1) is 9.79. The van der Waals surface area contributed by atoms with E-state index in [-0.39, 0.29) is 5.69 Å². The molecule has 2 rings (SSSR count). The number of benzene rings is 2. The quantitative estimate of drug-likeness (QED) is 0.822. The molecule has 0 unspecified atom stereocenters. The molecular weight excluding hydrogens is 293 g/mol. The fourth-order valence-electron chi connectivity index (χ4n) is 1.48. The summed E-state index contributed by atoms with van der Waals surface area (Å²) < 4.78 is 66.3. The Balaban J connectivity index is 2.26. The first-order valence-corrected chi connectivity index (χ1v) is 5.75. The standard InChI is InChI=1S/C14H9F5NO/c15-13(16,17)14(18,19)21-12-9-5-4-8-11(12)20-10-6-2-1-3-7-10/h2-9,20H. The maximum Gasteiger partial charge on any atom is 0.499 e. The maximum absolute atomic E-state index is 13.0. The van der Waals surface area contributed by atoms with Crippen molar-refractivity contribution in [1.82, 2.24) is 0 Å². The van der Waals surface area contributed by atoms with Crippen molar-refractivity contribution in [2.75, 3.05) is 5.32 Å². The van der Waals surface area contributed by atoms with Crippen molar-refractivity contribution >= 4 is 11.4 Å². The Bertz CT molecular complexity index is 598. The minimum atomic E-state index is -5.79. The number of anilines is 2. The molecule has 0 fully saturated rings. The molecule has 0 aliphatic heterocycles.